The van der Waals surface area contributed by atoms with Gasteiger partial charge in [-0.15, -0.1) is 11.8 Å². The molecule has 1 atom stereocenters. The van der Waals surface area contributed by atoms with Gasteiger partial charge in [-0.3, -0.25) is 4.79 Å². The Morgan fingerprint density at radius 2 is 2.37 bits per heavy atom. The van der Waals surface area contributed by atoms with Gasteiger partial charge in [-0.1, -0.05) is 6.07 Å². The summed E-state index contributed by atoms with van der Waals surface area (Å²) >= 11 is 1.63. The zero-order valence-electron chi connectivity index (χ0n) is 11.3. The molecule has 0 bridgehead atoms. The maximum Gasteiger partial charge on any atom is 0.254 e. The Kier molecular flexibility index (Phi) is 4.85. The molecule has 0 aliphatic carbocycles. The molecule has 1 unspecified atom stereocenters. The fourth-order valence-electron chi connectivity index (χ4n) is 2.14. The van der Waals surface area contributed by atoms with Crippen LogP contribution in [0.25, 0.3) is 0 Å². The first-order chi connectivity index (χ1) is 9.15. The van der Waals surface area contributed by atoms with Gasteiger partial charge in [0.05, 0.1) is 19.3 Å². The maximum atomic E-state index is 12.5. The summed E-state index contributed by atoms with van der Waals surface area (Å²) in [7, 11) is 0. The standard InChI is InChI=1S/C14H19NO3S/c1-10-3-4-12(19-2)7-13(10)14(17)15-5-6-18-11(8-15)9-16/h3-4,7,11,16H,5-6,8-9H2,1-2H3. The van der Waals surface area contributed by atoms with E-state index in [9.17, 15) is 4.79 Å². The lowest BCUT2D eigenvalue weighted by molar-refractivity contribution is -0.0447. The molecule has 0 radical (unpaired) electrons. The van der Waals surface area contributed by atoms with Crippen LogP contribution in [-0.4, -0.2) is 54.6 Å². The lowest BCUT2D eigenvalue weighted by Gasteiger charge is -2.32. The summed E-state index contributed by atoms with van der Waals surface area (Å²) in [6.45, 7) is 3.42. The summed E-state index contributed by atoms with van der Waals surface area (Å²) < 4.78 is 5.37. The van der Waals surface area contributed by atoms with Gasteiger partial charge in [0.1, 0.15) is 0 Å². The lowest BCUT2D eigenvalue weighted by atomic mass is 10.1. The van der Waals surface area contributed by atoms with Crippen LogP contribution < -0.4 is 0 Å². The number of aryl methyl sites for hydroxylation is 1. The topological polar surface area (TPSA) is 49.8 Å². The van der Waals surface area contributed by atoms with E-state index in [0.29, 0.717) is 19.7 Å². The molecule has 19 heavy (non-hydrogen) atoms. The summed E-state index contributed by atoms with van der Waals surface area (Å²) in [5.41, 5.74) is 1.72. The number of thioether (sulfide) groups is 1. The third kappa shape index (κ3) is 3.29. The van der Waals surface area contributed by atoms with Crippen molar-refractivity contribution in [2.45, 2.75) is 17.9 Å². The number of morpholine rings is 1. The van der Waals surface area contributed by atoms with Gasteiger partial charge < -0.3 is 14.7 Å². The Morgan fingerprint density at radius 3 is 3.05 bits per heavy atom. The summed E-state index contributed by atoms with van der Waals surface area (Å²) in [4.78, 5) is 15.4. The van der Waals surface area contributed by atoms with Crippen LogP contribution in [0.5, 0.6) is 0 Å². The van der Waals surface area contributed by atoms with E-state index < -0.39 is 0 Å². The van der Waals surface area contributed by atoms with E-state index in [-0.39, 0.29) is 18.6 Å². The van der Waals surface area contributed by atoms with E-state index in [2.05, 4.69) is 0 Å². The van der Waals surface area contributed by atoms with E-state index in [0.717, 1.165) is 16.0 Å². The number of nitrogens with zero attached hydrogens (tertiary/aromatic N) is 1. The molecule has 1 aliphatic heterocycles. The SMILES string of the molecule is CSc1ccc(C)c(C(=O)N2CCOC(CO)C2)c1. The van der Waals surface area contributed by atoms with Crippen LogP contribution in [0.1, 0.15) is 15.9 Å². The molecule has 0 aromatic heterocycles. The number of hydrogen-bond donors (Lipinski definition) is 1. The zero-order chi connectivity index (χ0) is 13.8. The number of rotatable bonds is 3. The van der Waals surface area contributed by atoms with Crippen LogP contribution in [0.2, 0.25) is 0 Å². The van der Waals surface area contributed by atoms with E-state index in [1.807, 2.05) is 31.4 Å². The number of carbonyl (C=O) groups excluding carboxylic acids is 1. The minimum absolute atomic E-state index is 0.0233. The van der Waals surface area contributed by atoms with E-state index in [4.69, 9.17) is 9.84 Å². The Balaban J connectivity index is 2.18. The van der Waals surface area contributed by atoms with Crippen molar-refractivity contribution in [3.8, 4) is 0 Å². The Bertz CT molecular complexity index is 464. The van der Waals surface area contributed by atoms with Gasteiger partial charge >= 0.3 is 0 Å². The van der Waals surface area contributed by atoms with Gasteiger partial charge in [0.2, 0.25) is 0 Å². The average molecular weight is 281 g/mol. The third-order valence-electron chi connectivity index (χ3n) is 3.30. The number of aliphatic hydroxyl groups excluding tert-OH is 1. The van der Waals surface area contributed by atoms with Gasteiger partial charge in [-0.05, 0) is 30.9 Å². The molecule has 1 N–H and O–H groups in total. The predicted molar refractivity (Wildman–Crippen MR) is 75.7 cm³/mol. The van der Waals surface area contributed by atoms with Crippen molar-refractivity contribution in [3.05, 3.63) is 29.3 Å². The molecule has 5 heteroatoms. The first kappa shape index (κ1) is 14.4. The number of benzene rings is 1. The second-order valence-corrected chi connectivity index (χ2v) is 5.49. The van der Waals surface area contributed by atoms with Crippen LogP contribution >= 0.6 is 11.8 Å². The van der Waals surface area contributed by atoms with Crippen molar-refractivity contribution in [1.29, 1.82) is 0 Å². The normalized spacial score (nSPS) is 19.5. The summed E-state index contributed by atoms with van der Waals surface area (Å²) in [5, 5.41) is 9.13. The molecule has 1 aromatic carbocycles. The first-order valence-electron chi connectivity index (χ1n) is 6.32. The van der Waals surface area contributed by atoms with Crippen molar-refractivity contribution in [1.82, 2.24) is 4.90 Å². The van der Waals surface area contributed by atoms with Gasteiger partial charge in [-0.2, -0.15) is 0 Å². The maximum absolute atomic E-state index is 12.5. The first-order valence-corrected chi connectivity index (χ1v) is 7.54. The fraction of sp³-hybridized carbons (Fsp3) is 0.500. The minimum atomic E-state index is -0.262. The second-order valence-electron chi connectivity index (χ2n) is 4.61. The molecule has 1 saturated heterocycles. The molecule has 1 aromatic rings. The Labute approximate surface area is 117 Å². The Morgan fingerprint density at radius 1 is 1.58 bits per heavy atom. The van der Waals surface area contributed by atoms with Gasteiger partial charge in [0.25, 0.3) is 5.91 Å². The number of aliphatic hydroxyl groups is 1. The molecule has 1 aliphatic rings. The Hall–Kier alpha value is -1.04. The molecule has 0 spiro atoms. The van der Waals surface area contributed by atoms with Crippen molar-refractivity contribution >= 4 is 17.7 Å². The number of amides is 1. The molecule has 4 nitrogen and oxygen atoms in total. The predicted octanol–water partition coefficient (Wildman–Crippen LogP) is 1.55. The number of ether oxygens (including phenoxy) is 1. The fourth-order valence-corrected chi connectivity index (χ4v) is 2.58. The highest BCUT2D eigenvalue weighted by Crippen LogP contribution is 2.21. The summed E-state index contributed by atoms with van der Waals surface area (Å²) in [5.74, 6) is 0.0233. The zero-order valence-corrected chi connectivity index (χ0v) is 12.1. The lowest BCUT2D eigenvalue weighted by Crippen LogP contribution is -2.47. The van der Waals surface area contributed by atoms with Crippen molar-refractivity contribution in [2.24, 2.45) is 0 Å². The monoisotopic (exact) mass is 281 g/mol. The summed E-state index contributed by atoms with van der Waals surface area (Å²) in [6, 6.07) is 5.93. The van der Waals surface area contributed by atoms with Crippen LogP contribution in [0.3, 0.4) is 0 Å². The smallest absolute Gasteiger partial charge is 0.254 e. The van der Waals surface area contributed by atoms with Crippen LogP contribution in [-0.2, 0) is 4.74 Å². The van der Waals surface area contributed by atoms with Crippen LogP contribution in [0, 0.1) is 6.92 Å². The van der Waals surface area contributed by atoms with E-state index >= 15 is 0 Å². The second kappa shape index (κ2) is 6.41. The molecular formula is C14H19NO3S. The molecular weight excluding hydrogens is 262 g/mol. The van der Waals surface area contributed by atoms with Gasteiger partial charge in [0.15, 0.2) is 0 Å². The van der Waals surface area contributed by atoms with Gasteiger partial charge in [-0.25, -0.2) is 0 Å². The van der Waals surface area contributed by atoms with E-state index in [1.54, 1.807) is 16.7 Å². The van der Waals surface area contributed by atoms with Gasteiger partial charge in [0, 0.05) is 23.5 Å². The van der Waals surface area contributed by atoms with Crippen molar-refractivity contribution < 1.29 is 14.6 Å². The van der Waals surface area contributed by atoms with E-state index in [1.165, 1.54) is 0 Å². The highest BCUT2D eigenvalue weighted by atomic mass is 32.2. The molecule has 1 heterocycles. The number of hydrogen-bond acceptors (Lipinski definition) is 4. The van der Waals surface area contributed by atoms with Crippen molar-refractivity contribution in [3.63, 3.8) is 0 Å². The van der Waals surface area contributed by atoms with Crippen molar-refractivity contribution in [2.75, 3.05) is 32.6 Å². The largest absolute Gasteiger partial charge is 0.394 e. The third-order valence-corrected chi connectivity index (χ3v) is 4.03. The van der Waals surface area contributed by atoms with Crippen LogP contribution in [0.15, 0.2) is 23.1 Å². The minimum Gasteiger partial charge on any atom is -0.394 e. The number of carbonyl (C=O) groups is 1. The average Bonchev–Trinajstić information content (AvgIpc) is 2.47. The molecule has 1 fully saturated rings. The molecule has 1 amide bonds. The highest BCUT2D eigenvalue weighted by molar-refractivity contribution is 7.98. The quantitative estimate of drug-likeness (QED) is 0.854. The highest BCUT2D eigenvalue weighted by Gasteiger charge is 2.25. The molecule has 0 saturated carbocycles. The van der Waals surface area contributed by atoms with Crippen LogP contribution in [0.4, 0.5) is 0 Å². The molecule has 2 rings (SSSR count). The summed E-state index contributed by atoms with van der Waals surface area (Å²) in [6.07, 6.45) is 1.73. The molecule has 104 valence electrons.